The summed E-state index contributed by atoms with van der Waals surface area (Å²) in [6.07, 6.45) is 1.21. The molecule has 0 atom stereocenters. The summed E-state index contributed by atoms with van der Waals surface area (Å²) in [5.74, 6) is -0.475. The van der Waals surface area contributed by atoms with Gasteiger partial charge in [0.1, 0.15) is 5.69 Å². The topological polar surface area (TPSA) is 113 Å². The summed E-state index contributed by atoms with van der Waals surface area (Å²) in [7, 11) is 1.58. The molecule has 3 N–H and O–H groups in total. The molecule has 0 saturated carbocycles. The Balaban J connectivity index is 2.04. The zero-order chi connectivity index (χ0) is 19.8. The van der Waals surface area contributed by atoms with Crippen LogP contribution in [-0.4, -0.2) is 23.8 Å². The predicted molar refractivity (Wildman–Crippen MR) is 104 cm³/mol. The SMILES string of the molecule is CCCC(=O)Nc1cccc(CNC(=O)c2ccc(NC)c([N+](=O)[O-])c2)c1. The molecule has 2 amide bonds. The molecule has 2 rings (SSSR count). The highest BCUT2D eigenvalue weighted by Gasteiger charge is 2.16. The number of hydrogen-bond donors (Lipinski definition) is 3. The van der Waals surface area contributed by atoms with E-state index in [-0.39, 0.29) is 23.7 Å². The lowest BCUT2D eigenvalue weighted by molar-refractivity contribution is -0.384. The quantitative estimate of drug-likeness (QED) is 0.487. The lowest BCUT2D eigenvalue weighted by Gasteiger charge is -2.09. The summed E-state index contributed by atoms with van der Waals surface area (Å²) in [5, 5.41) is 19.4. The molecule has 0 heterocycles. The van der Waals surface area contributed by atoms with E-state index in [1.807, 2.05) is 13.0 Å². The van der Waals surface area contributed by atoms with Gasteiger partial charge in [0.2, 0.25) is 5.91 Å². The third-order valence-electron chi connectivity index (χ3n) is 3.87. The Bertz CT molecular complexity index is 851. The maximum atomic E-state index is 12.3. The number of anilines is 2. The summed E-state index contributed by atoms with van der Waals surface area (Å²) in [5.41, 5.74) is 1.85. The minimum Gasteiger partial charge on any atom is -0.383 e. The zero-order valence-electron chi connectivity index (χ0n) is 15.2. The van der Waals surface area contributed by atoms with Crippen molar-refractivity contribution in [1.82, 2.24) is 5.32 Å². The molecule has 0 radical (unpaired) electrons. The molecule has 142 valence electrons. The van der Waals surface area contributed by atoms with Crippen LogP contribution in [0.15, 0.2) is 42.5 Å². The highest BCUT2D eigenvalue weighted by Crippen LogP contribution is 2.25. The first kappa shape index (κ1) is 19.9. The van der Waals surface area contributed by atoms with Gasteiger partial charge in [0.25, 0.3) is 11.6 Å². The first-order chi connectivity index (χ1) is 12.9. The van der Waals surface area contributed by atoms with Gasteiger partial charge in [0, 0.05) is 37.3 Å². The van der Waals surface area contributed by atoms with Crippen molar-refractivity contribution in [2.45, 2.75) is 26.3 Å². The normalized spacial score (nSPS) is 10.1. The van der Waals surface area contributed by atoms with Crippen LogP contribution in [0.2, 0.25) is 0 Å². The van der Waals surface area contributed by atoms with Crippen molar-refractivity contribution < 1.29 is 14.5 Å². The van der Waals surface area contributed by atoms with Gasteiger partial charge in [0.05, 0.1) is 4.92 Å². The van der Waals surface area contributed by atoms with Gasteiger partial charge in [-0.2, -0.15) is 0 Å². The highest BCUT2D eigenvalue weighted by molar-refractivity contribution is 5.95. The summed E-state index contributed by atoms with van der Waals surface area (Å²) < 4.78 is 0. The summed E-state index contributed by atoms with van der Waals surface area (Å²) in [4.78, 5) is 34.6. The van der Waals surface area contributed by atoms with Gasteiger partial charge in [-0.1, -0.05) is 19.1 Å². The molecule has 8 heteroatoms. The largest absolute Gasteiger partial charge is 0.383 e. The maximum absolute atomic E-state index is 12.3. The van der Waals surface area contributed by atoms with Crippen molar-refractivity contribution >= 4 is 28.9 Å². The first-order valence-corrected chi connectivity index (χ1v) is 8.57. The molecule has 0 aromatic heterocycles. The number of carbonyl (C=O) groups is 2. The fourth-order valence-corrected chi connectivity index (χ4v) is 2.53. The van der Waals surface area contributed by atoms with E-state index in [4.69, 9.17) is 0 Å². The Hall–Kier alpha value is -3.42. The number of nitrogens with zero attached hydrogens (tertiary/aromatic N) is 1. The zero-order valence-corrected chi connectivity index (χ0v) is 15.2. The molecule has 0 aliphatic rings. The summed E-state index contributed by atoms with van der Waals surface area (Å²) >= 11 is 0. The number of nitro benzene ring substituents is 1. The first-order valence-electron chi connectivity index (χ1n) is 8.57. The van der Waals surface area contributed by atoms with Crippen LogP contribution in [0.25, 0.3) is 0 Å². The number of benzene rings is 2. The molecular formula is C19H22N4O4. The van der Waals surface area contributed by atoms with Crippen molar-refractivity contribution in [2.24, 2.45) is 0 Å². The van der Waals surface area contributed by atoms with E-state index in [2.05, 4.69) is 16.0 Å². The fourth-order valence-electron chi connectivity index (χ4n) is 2.53. The van der Waals surface area contributed by atoms with Gasteiger partial charge in [-0.05, 0) is 36.2 Å². The number of nitro groups is 1. The van der Waals surface area contributed by atoms with E-state index in [1.165, 1.54) is 18.2 Å². The molecule has 0 unspecified atom stereocenters. The average molecular weight is 370 g/mol. The third-order valence-corrected chi connectivity index (χ3v) is 3.87. The van der Waals surface area contributed by atoms with Gasteiger partial charge in [-0.15, -0.1) is 0 Å². The molecule has 0 bridgehead atoms. The van der Waals surface area contributed by atoms with Crippen LogP contribution in [-0.2, 0) is 11.3 Å². The van der Waals surface area contributed by atoms with Gasteiger partial charge in [0.15, 0.2) is 0 Å². The minimum atomic E-state index is -0.537. The van der Waals surface area contributed by atoms with Crippen LogP contribution in [0.3, 0.4) is 0 Å². The van der Waals surface area contributed by atoms with E-state index < -0.39 is 10.8 Å². The van der Waals surface area contributed by atoms with Crippen LogP contribution < -0.4 is 16.0 Å². The van der Waals surface area contributed by atoms with E-state index in [0.717, 1.165) is 12.0 Å². The van der Waals surface area contributed by atoms with Crippen molar-refractivity contribution in [2.75, 3.05) is 17.7 Å². The van der Waals surface area contributed by atoms with Crippen molar-refractivity contribution in [3.63, 3.8) is 0 Å². The lowest BCUT2D eigenvalue weighted by atomic mass is 10.1. The fraction of sp³-hybridized carbons (Fsp3) is 0.263. The molecule has 0 saturated heterocycles. The van der Waals surface area contributed by atoms with Crippen LogP contribution in [0.1, 0.15) is 35.7 Å². The standard InChI is InChI=1S/C19H22N4O4/c1-3-5-18(24)22-15-7-4-6-13(10-15)12-21-19(25)14-8-9-16(20-2)17(11-14)23(26)27/h4,6-11,20H,3,5,12H2,1-2H3,(H,21,25)(H,22,24). The smallest absolute Gasteiger partial charge is 0.293 e. The highest BCUT2D eigenvalue weighted by atomic mass is 16.6. The number of hydrogen-bond acceptors (Lipinski definition) is 5. The van der Waals surface area contributed by atoms with Crippen molar-refractivity contribution in [3.05, 3.63) is 63.7 Å². The summed E-state index contributed by atoms with van der Waals surface area (Å²) in [6.45, 7) is 2.16. The van der Waals surface area contributed by atoms with Gasteiger partial charge in [-0.3, -0.25) is 19.7 Å². The minimum absolute atomic E-state index is 0.0596. The Kier molecular flexibility index (Phi) is 6.87. The molecule has 8 nitrogen and oxygen atoms in total. The van der Waals surface area contributed by atoms with Crippen LogP contribution in [0.5, 0.6) is 0 Å². The van der Waals surface area contributed by atoms with E-state index in [9.17, 15) is 19.7 Å². The number of rotatable bonds is 8. The number of nitrogens with one attached hydrogen (secondary N) is 3. The molecule has 2 aromatic rings. The van der Waals surface area contributed by atoms with Crippen LogP contribution in [0, 0.1) is 10.1 Å². The Labute approximate surface area is 157 Å². The third kappa shape index (κ3) is 5.53. The lowest BCUT2D eigenvalue weighted by Crippen LogP contribution is -2.23. The molecular weight excluding hydrogens is 348 g/mol. The van der Waals surface area contributed by atoms with Crippen LogP contribution >= 0.6 is 0 Å². The van der Waals surface area contributed by atoms with Crippen LogP contribution in [0.4, 0.5) is 17.1 Å². The van der Waals surface area contributed by atoms with Crippen molar-refractivity contribution in [3.8, 4) is 0 Å². The monoisotopic (exact) mass is 370 g/mol. The Morgan fingerprint density at radius 2 is 1.93 bits per heavy atom. The molecule has 0 fully saturated rings. The van der Waals surface area contributed by atoms with E-state index >= 15 is 0 Å². The second kappa shape index (κ2) is 9.33. The number of carbonyl (C=O) groups excluding carboxylic acids is 2. The van der Waals surface area contributed by atoms with Gasteiger partial charge < -0.3 is 16.0 Å². The van der Waals surface area contributed by atoms with Gasteiger partial charge >= 0.3 is 0 Å². The Morgan fingerprint density at radius 1 is 1.15 bits per heavy atom. The summed E-state index contributed by atoms with van der Waals surface area (Å²) in [6, 6.07) is 11.4. The van der Waals surface area contributed by atoms with E-state index in [0.29, 0.717) is 17.8 Å². The second-order valence-corrected chi connectivity index (χ2v) is 5.92. The molecule has 0 aliphatic carbocycles. The predicted octanol–water partition coefficient (Wildman–Crippen LogP) is 3.31. The maximum Gasteiger partial charge on any atom is 0.293 e. The Morgan fingerprint density at radius 3 is 2.59 bits per heavy atom. The second-order valence-electron chi connectivity index (χ2n) is 5.92. The van der Waals surface area contributed by atoms with Crippen molar-refractivity contribution in [1.29, 1.82) is 0 Å². The van der Waals surface area contributed by atoms with Gasteiger partial charge in [-0.25, -0.2) is 0 Å². The number of amides is 2. The molecule has 27 heavy (non-hydrogen) atoms. The molecule has 0 aliphatic heterocycles. The molecule has 2 aromatic carbocycles. The molecule has 0 spiro atoms. The van der Waals surface area contributed by atoms with E-state index in [1.54, 1.807) is 25.2 Å². The average Bonchev–Trinajstić information content (AvgIpc) is 2.66.